The molecular formula is C19H23ClN4O. The number of hydrogen-bond donors (Lipinski definition) is 1. The number of benzene rings is 1. The molecule has 3 rings (SSSR count). The second-order valence-corrected chi connectivity index (χ2v) is 6.87. The van der Waals surface area contributed by atoms with E-state index in [2.05, 4.69) is 15.3 Å². The highest BCUT2D eigenvalue weighted by Crippen LogP contribution is 2.25. The van der Waals surface area contributed by atoms with E-state index in [0.29, 0.717) is 16.7 Å². The van der Waals surface area contributed by atoms with Gasteiger partial charge < -0.3 is 10.2 Å². The van der Waals surface area contributed by atoms with E-state index in [1.807, 2.05) is 36.9 Å². The summed E-state index contributed by atoms with van der Waals surface area (Å²) in [7, 11) is 0. The first-order valence-corrected chi connectivity index (χ1v) is 9.09. The Morgan fingerprint density at radius 1 is 1.12 bits per heavy atom. The lowest BCUT2D eigenvalue weighted by Gasteiger charge is -2.20. The molecule has 132 valence electrons. The van der Waals surface area contributed by atoms with Crippen molar-refractivity contribution in [1.82, 2.24) is 14.9 Å². The van der Waals surface area contributed by atoms with Crippen LogP contribution in [0.3, 0.4) is 0 Å². The molecule has 0 aliphatic carbocycles. The van der Waals surface area contributed by atoms with E-state index in [1.165, 1.54) is 12.8 Å². The number of carbonyl (C=O) groups is 1. The quantitative estimate of drug-likeness (QED) is 0.877. The third kappa shape index (κ3) is 4.28. The summed E-state index contributed by atoms with van der Waals surface area (Å²) >= 11 is 6.17. The van der Waals surface area contributed by atoms with Crippen molar-refractivity contribution in [2.75, 3.05) is 18.4 Å². The van der Waals surface area contributed by atoms with Crippen LogP contribution < -0.4 is 5.32 Å². The first-order chi connectivity index (χ1) is 12.0. The molecule has 0 saturated carbocycles. The molecule has 1 aromatic heterocycles. The highest BCUT2D eigenvalue weighted by molar-refractivity contribution is 6.31. The Hall–Kier alpha value is -2.14. The van der Waals surface area contributed by atoms with Crippen molar-refractivity contribution in [2.24, 2.45) is 0 Å². The van der Waals surface area contributed by atoms with Gasteiger partial charge >= 0.3 is 0 Å². The predicted molar refractivity (Wildman–Crippen MR) is 101 cm³/mol. The number of rotatable bonds is 3. The van der Waals surface area contributed by atoms with Gasteiger partial charge in [0.25, 0.3) is 5.91 Å². The molecule has 2 heterocycles. The van der Waals surface area contributed by atoms with E-state index in [0.717, 1.165) is 42.9 Å². The zero-order valence-electron chi connectivity index (χ0n) is 14.7. The Bertz CT molecular complexity index is 770. The Balaban J connectivity index is 1.85. The van der Waals surface area contributed by atoms with Gasteiger partial charge in [-0.15, -0.1) is 0 Å². The van der Waals surface area contributed by atoms with E-state index in [-0.39, 0.29) is 5.91 Å². The molecule has 1 fully saturated rings. The first kappa shape index (κ1) is 17.7. The maximum Gasteiger partial charge on any atom is 0.272 e. The summed E-state index contributed by atoms with van der Waals surface area (Å²) in [5, 5.41) is 3.87. The molecule has 1 saturated heterocycles. The van der Waals surface area contributed by atoms with Crippen LogP contribution in [0.5, 0.6) is 0 Å². The largest absolute Gasteiger partial charge is 0.337 e. The molecule has 0 bridgehead atoms. The maximum absolute atomic E-state index is 12.8. The fraction of sp³-hybridized carbons (Fsp3) is 0.421. The summed E-state index contributed by atoms with van der Waals surface area (Å²) in [5.41, 5.74) is 2.97. The van der Waals surface area contributed by atoms with E-state index >= 15 is 0 Å². The van der Waals surface area contributed by atoms with Crippen molar-refractivity contribution in [3.05, 3.63) is 46.2 Å². The number of amides is 1. The molecular weight excluding hydrogens is 336 g/mol. The summed E-state index contributed by atoms with van der Waals surface area (Å²) in [4.78, 5) is 23.6. The minimum absolute atomic E-state index is 0.0155. The van der Waals surface area contributed by atoms with Gasteiger partial charge in [0.05, 0.1) is 0 Å². The van der Waals surface area contributed by atoms with Crippen LogP contribution in [0.4, 0.5) is 11.6 Å². The van der Waals surface area contributed by atoms with Gasteiger partial charge in [0, 0.05) is 29.5 Å². The summed E-state index contributed by atoms with van der Waals surface area (Å²) in [6.07, 6.45) is 4.49. The fourth-order valence-corrected chi connectivity index (χ4v) is 3.21. The molecule has 1 aliphatic rings. The summed E-state index contributed by atoms with van der Waals surface area (Å²) in [6, 6.07) is 7.39. The number of nitrogens with one attached hydrogen (secondary N) is 1. The maximum atomic E-state index is 12.8. The predicted octanol–water partition coefficient (Wildman–Crippen LogP) is 4.51. The van der Waals surface area contributed by atoms with Gasteiger partial charge in [-0.05, 0) is 50.5 Å². The molecule has 1 amide bonds. The van der Waals surface area contributed by atoms with E-state index < -0.39 is 0 Å². The minimum Gasteiger partial charge on any atom is -0.337 e. The van der Waals surface area contributed by atoms with Gasteiger partial charge in [-0.3, -0.25) is 4.79 Å². The fourth-order valence-electron chi connectivity index (χ4n) is 3.03. The normalized spacial score (nSPS) is 14.9. The molecule has 6 heteroatoms. The zero-order valence-corrected chi connectivity index (χ0v) is 15.4. The number of carbonyl (C=O) groups excluding carboxylic acids is 1. The molecule has 2 aromatic rings. The first-order valence-electron chi connectivity index (χ1n) is 8.71. The van der Waals surface area contributed by atoms with Crippen LogP contribution in [-0.4, -0.2) is 33.9 Å². The topological polar surface area (TPSA) is 58.1 Å². The van der Waals surface area contributed by atoms with Gasteiger partial charge in [0.2, 0.25) is 5.95 Å². The number of anilines is 2. The monoisotopic (exact) mass is 358 g/mol. The molecule has 5 nitrogen and oxygen atoms in total. The van der Waals surface area contributed by atoms with Gasteiger partial charge in [-0.1, -0.05) is 30.5 Å². The molecule has 0 radical (unpaired) electrons. The van der Waals surface area contributed by atoms with Gasteiger partial charge in [0.1, 0.15) is 5.69 Å². The van der Waals surface area contributed by atoms with Crippen LogP contribution in [0.1, 0.15) is 47.4 Å². The van der Waals surface area contributed by atoms with Crippen molar-refractivity contribution < 1.29 is 4.79 Å². The molecule has 0 unspecified atom stereocenters. The Morgan fingerprint density at radius 3 is 2.56 bits per heavy atom. The van der Waals surface area contributed by atoms with Crippen LogP contribution >= 0.6 is 11.6 Å². The molecule has 1 aliphatic heterocycles. The third-order valence-electron chi connectivity index (χ3n) is 4.48. The van der Waals surface area contributed by atoms with Crippen molar-refractivity contribution in [1.29, 1.82) is 0 Å². The smallest absolute Gasteiger partial charge is 0.272 e. The number of halogens is 1. The van der Waals surface area contributed by atoms with Crippen molar-refractivity contribution >= 4 is 29.1 Å². The minimum atomic E-state index is -0.0155. The standard InChI is InChI=1S/C19H23ClN4O/c1-13-12-17(18(25)24-10-5-3-4-6-11-24)23-19(21-13)22-16-9-7-8-15(20)14(16)2/h7-9,12H,3-6,10-11H2,1-2H3,(H,21,22,23). The second kappa shape index (κ2) is 7.83. The van der Waals surface area contributed by atoms with Crippen LogP contribution in [-0.2, 0) is 0 Å². The zero-order chi connectivity index (χ0) is 17.8. The van der Waals surface area contributed by atoms with Gasteiger partial charge in [-0.2, -0.15) is 0 Å². The lowest BCUT2D eigenvalue weighted by molar-refractivity contribution is 0.0755. The molecule has 1 N–H and O–H groups in total. The summed E-state index contributed by atoms with van der Waals surface area (Å²) in [6.45, 7) is 5.41. The Morgan fingerprint density at radius 2 is 1.84 bits per heavy atom. The highest BCUT2D eigenvalue weighted by Gasteiger charge is 2.20. The lowest BCUT2D eigenvalue weighted by Crippen LogP contribution is -2.32. The van der Waals surface area contributed by atoms with Crippen LogP contribution in [0.15, 0.2) is 24.3 Å². The van der Waals surface area contributed by atoms with Crippen LogP contribution in [0, 0.1) is 13.8 Å². The Labute approximate surface area is 153 Å². The molecule has 0 spiro atoms. The number of likely N-dealkylation sites (tertiary alicyclic amines) is 1. The van der Waals surface area contributed by atoms with Crippen molar-refractivity contribution in [3.8, 4) is 0 Å². The highest BCUT2D eigenvalue weighted by atomic mass is 35.5. The third-order valence-corrected chi connectivity index (χ3v) is 4.89. The van der Waals surface area contributed by atoms with Gasteiger partial charge in [0.15, 0.2) is 0 Å². The molecule has 1 aromatic carbocycles. The second-order valence-electron chi connectivity index (χ2n) is 6.46. The number of aromatic nitrogens is 2. The Kier molecular flexibility index (Phi) is 5.53. The summed E-state index contributed by atoms with van der Waals surface area (Å²) < 4.78 is 0. The van der Waals surface area contributed by atoms with Crippen molar-refractivity contribution in [3.63, 3.8) is 0 Å². The number of nitrogens with zero attached hydrogens (tertiary/aromatic N) is 3. The van der Waals surface area contributed by atoms with E-state index in [1.54, 1.807) is 6.07 Å². The number of aryl methyl sites for hydroxylation is 1. The SMILES string of the molecule is Cc1cc(C(=O)N2CCCCCC2)nc(Nc2cccc(Cl)c2C)n1. The van der Waals surface area contributed by atoms with E-state index in [4.69, 9.17) is 11.6 Å². The summed E-state index contributed by atoms with van der Waals surface area (Å²) in [5.74, 6) is 0.404. The van der Waals surface area contributed by atoms with Crippen molar-refractivity contribution in [2.45, 2.75) is 39.5 Å². The van der Waals surface area contributed by atoms with Crippen LogP contribution in [0.2, 0.25) is 5.02 Å². The van der Waals surface area contributed by atoms with Gasteiger partial charge in [-0.25, -0.2) is 9.97 Å². The van der Waals surface area contributed by atoms with E-state index in [9.17, 15) is 4.79 Å². The van der Waals surface area contributed by atoms with Crippen LogP contribution in [0.25, 0.3) is 0 Å². The average molecular weight is 359 g/mol. The lowest BCUT2D eigenvalue weighted by atomic mass is 10.2. The average Bonchev–Trinajstić information content (AvgIpc) is 2.87. The molecule has 0 atom stereocenters. The number of hydrogen-bond acceptors (Lipinski definition) is 4. The molecule has 25 heavy (non-hydrogen) atoms.